The number of benzene rings is 1. The molecule has 1 fully saturated rings. The highest BCUT2D eigenvalue weighted by Crippen LogP contribution is 2.29. The summed E-state index contributed by atoms with van der Waals surface area (Å²) in [5.74, 6) is 0. The molecule has 2 N–H and O–H groups in total. The lowest BCUT2D eigenvalue weighted by Gasteiger charge is -2.26. The molecule has 0 spiro atoms. The molecule has 1 saturated heterocycles. The summed E-state index contributed by atoms with van der Waals surface area (Å²) in [6.07, 6.45) is 0.527. The Labute approximate surface area is 135 Å². The maximum atomic E-state index is 12.7. The Morgan fingerprint density at radius 1 is 1.52 bits per heavy atom. The summed E-state index contributed by atoms with van der Waals surface area (Å²) < 4.78 is 32.1. The monoisotopic (exact) mass is 348 g/mol. The molecule has 2 atom stereocenters. The molecule has 1 aliphatic heterocycles. The third kappa shape index (κ3) is 3.22. The average molecular weight is 349 g/mol. The zero-order chi connectivity index (χ0) is 15.8. The number of hydrogen-bond donors (Lipinski definition) is 1. The van der Waals surface area contributed by atoms with Gasteiger partial charge >= 0.3 is 0 Å². The van der Waals surface area contributed by atoms with Gasteiger partial charge in [-0.1, -0.05) is 29.9 Å². The normalized spacial score (nSPS) is 22.7. The molecule has 1 aliphatic rings. The van der Waals surface area contributed by atoms with Gasteiger partial charge in [-0.2, -0.15) is 4.31 Å². The van der Waals surface area contributed by atoms with Gasteiger partial charge in [-0.25, -0.2) is 8.42 Å². The Bertz CT molecular complexity index is 663. The van der Waals surface area contributed by atoms with Gasteiger partial charge in [0.15, 0.2) is 0 Å². The number of nitrogens with zero attached hydrogens (tertiary/aromatic N) is 1. The van der Waals surface area contributed by atoms with Crippen LogP contribution >= 0.6 is 23.8 Å². The van der Waals surface area contributed by atoms with Crippen molar-refractivity contribution in [3.63, 3.8) is 0 Å². The first-order valence-electron chi connectivity index (χ1n) is 6.44. The van der Waals surface area contributed by atoms with Crippen molar-refractivity contribution in [2.24, 2.45) is 5.73 Å². The summed E-state index contributed by atoms with van der Waals surface area (Å²) in [6, 6.07) is 4.27. The van der Waals surface area contributed by atoms with Gasteiger partial charge in [0.05, 0.1) is 17.2 Å². The van der Waals surface area contributed by atoms with Crippen LogP contribution in [0.1, 0.15) is 18.9 Å². The topological polar surface area (TPSA) is 72.6 Å². The second-order valence-corrected chi connectivity index (χ2v) is 7.78. The van der Waals surface area contributed by atoms with E-state index in [4.69, 9.17) is 34.3 Å². The van der Waals surface area contributed by atoms with Crippen molar-refractivity contribution in [2.75, 3.05) is 13.7 Å². The van der Waals surface area contributed by atoms with Gasteiger partial charge in [-0.15, -0.1) is 0 Å². The fourth-order valence-corrected chi connectivity index (χ4v) is 4.48. The van der Waals surface area contributed by atoms with E-state index in [1.807, 2.05) is 6.92 Å². The van der Waals surface area contributed by atoms with Crippen molar-refractivity contribution in [3.05, 3.63) is 28.8 Å². The van der Waals surface area contributed by atoms with Crippen molar-refractivity contribution >= 4 is 38.8 Å². The Morgan fingerprint density at radius 2 is 2.19 bits per heavy atom. The van der Waals surface area contributed by atoms with Crippen LogP contribution in [0.5, 0.6) is 0 Å². The molecule has 2 unspecified atom stereocenters. The summed E-state index contributed by atoms with van der Waals surface area (Å²) in [6.45, 7) is 2.42. The molecular weight excluding hydrogens is 332 g/mol. The SMILES string of the molecule is CC1OCCC1N(C)S(=O)(=O)c1ccc(C(N)=S)cc1Cl. The molecule has 1 aromatic rings. The number of likely N-dealkylation sites (N-methyl/N-ethyl adjacent to an activating group) is 1. The van der Waals surface area contributed by atoms with Crippen LogP contribution in [-0.4, -0.2) is 43.5 Å². The van der Waals surface area contributed by atoms with E-state index in [-0.39, 0.29) is 27.1 Å². The largest absolute Gasteiger partial charge is 0.389 e. The van der Waals surface area contributed by atoms with Crippen LogP contribution in [0.15, 0.2) is 23.1 Å². The molecule has 0 radical (unpaired) electrons. The van der Waals surface area contributed by atoms with Crippen LogP contribution in [0.4, 0.5) is 0 Å². The summed E-state index contributed by atoms with van der Waals surface area (Å²) in [7, 11) is -2.15. The first-order chi connectivity index (χ1) is 9.75. The summed E-state index contributed by atoms with van der Waals surface area (Å²) >= 11 is 10.9. The lowest BCUT2D eigenvalue weighted by atomic mass is 10.2. The van der Waals surface area contributed by atoms with E-state index < -0.39 is 10.0 Å². The van der Waals surface area contributed by atoms with E-state index in [1.54, 1.807) is 13.1 Å². The van der Waals surface area contributed by atoms with Crippen molar-refractivity contribution in [1.82, 2.24) is 4.31 Å². The molecule has 5 nitrogen and oxygen atoms in total. The smallest absolute Gasteiger partial charge is 0.244 e. The zero-order valence-electron chi connectivity index (χ0n) is 11.7. The van der Waals surface area contributed by atoms with Crippen LogP contribution in [0.25, 0.3) is 0 Å². The van der Waals surface area contributed by atoms with E-state index in [0.29, 0.717) is 18.6 Å². The second-order valence-electron chi connectivity index (χ2n) is 4.96. The minimum atomic E-state index is -3.69. The Hall–Kier alpha value is -0.730. The number of rotatable bonds is 4. The molecule has 8 heteroatoms. The molecule has 0 saturated carbocycles. The van der Waals surface area contributed by atoms with Gasteiger partial charge in [0, 0.05) is 19.2 Å². The summed E-state index contributed by atoms with van der Waals surface area (Å²) in [4.78, 5) is 0.220. The standard InChI is InChI=1S/C13H17ClN2O3S2/c1-8-11(5-6-19-8)16(2)21(17,18)12-4-3-9(13(15)20)7-10(12)14/h3-4,7-8,11H,5-6H2,1-2H3,(H2,15,20). The molecule has 1 heterocycles. The van der Waals surface area contributed by atoms with Crippen LogP contribution in [0.3, 0.4) is 0 Å². The Morgan fingerprint density at radius 3 is 2.67 bits per heavy atom. The first-order valence-corrected chi connectivity index (χ1v) is 8.66. The van der Waals surface area contributed by atoms with E-state index in [0.717, 1.165) is 0 Å². The van der Waals surface area contributed by atoms with Crippen LogP contribution in [0, 0.1) is 0 Å². The molecule has 0 aromatic heterocycles. The quantitative estimate of drug-likeness (QED) is 0.839. The molecule has 0 bridgehead atoms. The van der Waals surface area contributed by atoms with Crippen molar-refractivity contribution < 1.29 is 13.2 Å². The number of halogens is 1. The zero-order valence-corrected chi connectivity index (χ0v) is 14.1. The Kier molecular flexibility index (Phi) is 4.89. The van der Waals surface area contributed by atoms with Crippen LogP contribution < -0.4 is 5.73 Å². The summed E-state index contributed by atoms with van der Waals surface area (Å²) in [5.41, 5.74) is 6.05. The van der Waals surface area contributed by atoms with Gasteiger partial charge in [0.2, 0.25) is 10.0 Å². The lowest BCUT2D eigenvalue weighted by Crippen LogP contribution is -2.41. The maximum Gasteiger partial charge on any atom is 0.244 e. The molecule has 0 amide bonds. The molecule has 21 heavy (non-hydrogen) atoms. The predicted octanol–water partition coefficient (Wildman–Crippen LogP) is 1.77. The molecule has 2 rings (SSSR count). The number of thiocarbonyl (C=S) groups is 1. The van der Waals surface area contributed by atoms with Crippen molar-refractivity contribution in [1.29, 1.82) is 0 Å². The van der Waals surface area contributed by atoms with E-state index in [1.165, 1.54) is 16.4 Å². The number of nitrogens with two attached hydrogens (primary N) is 1. The highest BCUT2D eigenvalue weighted by Gasteiger charge is 2.36. The average Bonchev–Trinajstić information content (AvgIpc) is 2.83. The van der Waals surface area contributed by atoms with E-state index in [2.05, 4.69) is 0 Å². The first kappa shape index (κ1) is 16.6. The highest BCUT2D eigenvalue weighted by molar-refractivity contribution is 7.89. The highest BCUT2D eigenvalue weighted by atomic mass is 35.5. The fourth-order valence-electron chi connectivity index (χ4n) is 2.39. The second kappa shape index (κ2) is 6.18. The number of ether oxygens (including phenoxy) is 1. The van der Waals surface area contributed by atoms with Gasteiger partial charge in [0.1, 0.15) is 9.88 Å². The van der Waals surface area contributed by atoms with Crippen molar-refractivity contribution in [2.45, 2.75) is 30.4 Å². The number of sulfonamides is 1. The predicted molar refractivity (Wildman–Crippen MR) is 86.1 cm³/mol. The Balaban J connectivity index is 2.37. The van der Waals surface area contributed by atoms with Crippen LogP contribution in [0.2, 0.25) is 5.02 Å². The van der Waals surface area contributed by atoms with Gasteiger partial charge in [0.25, 0.3) is 0 Å². The van der Waals surface area contributed by atoms with Gasteiger partial charge < -0.3 is 10.5 Å². The fraction of sp³-hybridized carbons (Fsp3) is 0.462. The molecule has 1 aromatic carbocycles. The lowest BCUT2D eigenvalue weighted by molar-refractivity contribution is 0.102. The third-order valence-electron chi connectivity index (χ3n) is 3.68. The molecule has 0 aliphatic carbocycles. The maximum absolute atomic E-state index is 12.7. The van der Waals surface area contributed by atoms with E-state index >= 15 is 0 Å². The minimum Gasteiger partial charge on any atom is -0.389 e. The van der Waals surface area contributed by atoms with E-state index in [9.17, 15) is 8.42 Å². The van der Waals surface area contributed by atoms with Gasteiger partial charge in [-0.3, -0.25) is 0 Å². The van der Waals surface area contributed by atoms with Gasteiger partial charge in [-0.05, 0) is 25.5 Å². The minimum absolute atomic E-state index is 0.0470. The molecular formula is C13H17ClN2O3S2. The third-order valence-corrected chi connectivity index (χ3v) is 6.28. The number of hydrogen-bond acceptors (Lipinski definition) is 4. The molecule has 116 valence electrons. The summed E-state index contributed by atoms with van der Waals surface area (Å²) in [5, 5.41) is 0.110. The van der Waals surface area contributed by atoms with Crippen molar-refractivity contribution in [3.8, 4) is 0 Å². The van der Waals surface area contributed by atoms with Crippen LogP contribution in [-0.2, 0) is 14.8 Å².